The Kier molecular flexibility index (Phi) is 4.02. The van der Waals surface area contributed by atoms with Gasteiger partial charge in [0, 0.05) is 24.3 Å². The van der Waals surface area contributed by atoms with Gasteiger partial charge in [-0.1, -0.05) is 25.3 Å². The summed E-state index contributed by atoms with van der Waals surface area (Å²) in [5.41, 5.74) is 2.38. The molecule has 104 valence electrons. The molecule has 0 radical (unpaired) electrons. The number of ether oxygens (including phenoxy) is 1. The first-order valence-electron chi connectivity index (χ1n) is 7.64. The second-order valence-corrected chi connectivity index (χ2v) is 5.98. The molecule has 3 rings (SSSR count). The van der Waals surface area contributed by atoms with Gasteiger partial charge in [0.2, 0.25) is 5.88 Å². The van der Waals surface area contributed by atoms with Crippen molar-refractivity contribution in [3.05, 3.63) is 23.4 Å². The van der Waals surface area contributed by atoms with Crippen molar-refractivity contribution in [1.82, 2.24) is 10.3 Å². The highest BCUT2D eigenvalue weighted by atomic mass is 16.5. The zero-order chi connectivity index (χ0) is 13.1. The number of nitrogens with zero attached hydrogens (tertiary/aromatic N) is 1. The Morgan fingerprint density at radius 1 is 1.26 bits per heavy atom. The maximum Gasteiger partial charge on any atom is 0.213 e. The van der Waals surface area contributed by atoms with Gasteiger partial charge in [-0.3, -0.25) is 0 Å². The SMILES string of the molecule is Cc1nc(OCCC2CCC2)ccc1CNC1CC1. The van der Waals surface area contributed by atoms with Crippen LogP contribution in [0.5, 0.6) is 5.88 Å². The normalized spacial score (nSPS) is 19.2. The Bertz CT molecular complexity index is 425. The van der Waals surface area contributed by atoms with Crippen LogP contribution in [0.2, 0.25) is 0 Å². The van der Waals surface area contributed by atoms with Crippen molar-refractivity contribution in [2.75, 3.05) is 6.61 Å². The first kappa shape index (κ1) is 12.9. The van der Waals surface area contributed by atoms with E-state index in [1.54, 1.807) is 0 Å². The fourth-order valence-electron chi connectivity index (χ4n) is 2.49. The molecule has 2 aliphatic rings. The van der Waals surface area contributed by atoms with Crippen LogP contribution in [0.1, 0.15) is 49.8 Å². The van der Waals surface area contributed by atoms with Gasteiger partial charge in [-0.15, -0.1) is 0 Å². The third-order valence-electron chi connectivity index (χ3n) is 4.33. The molecule has 0 bridgehead atoms. The van der Waals surface area contributed by atoms with Crippen molar-refractivity contribution >= 4 is 0 Å². The van der Waals surface area contributed by atoms with Crippen molar-refractivity contribution in [3.8, 4) is 5.88 Å². The van der Waals surface area contributed by atoms with Crippen LogP contribution in [0.15, 0.2) is 12.1 Å². The van der Waals surface area contributed by atoms with Gasteiger partial charge in [-0.25, -0.2) is 4.98 Å². The minimum Gasteiger partial charge on any atom is -0.478 e. The number of hydrogen-bond donors (Lipinski definition) is 1. The van der Waals surface area contributed by atoms with Gasteiger partial charge < -0.3 is 10.1 Å². The van der Waals surface area contributed by atoms with Crippen LogP contribution < -0.4 is 10.1 Å². The minimum atomic E-state index is 0.748. The Hall–Kier alpha value is -1.09. The van der Waals surface area contributed by atoms with Crippen molar-refractivity contribution in [1.29, 1.82) is 0 Å². The Morgan fingerprint density at radius 3 is 2.74 bits per heavy atom. The molecule has 1 N–H and O–H groups in total. The summed E-state index contributed by atoms with van der Waals surface area (Å²) >= 11 is 0. The quantitative estimate of drug-likeness (QED) is 0.817. The molecule has 0 atom stereocenters. The molecule has 0 saturated heterocycles. The maximum atomic E-state index is 5.75. The standard InChI is InChI=1S/C16H24N2O/c1-12-14(11-17-15-6-7-15)5-8-16(18-12)19-10-9-13-3-2-4-13/h5,8,13,15,17H,2-4,6-7,9-11H2,1H3. The average Bonchev–Trinajstić information content (AvgIpc) is 3.15. The van der Waals surface area contributed by atoms with Crippen LogP contribution in [0.25, 0.3) is 0 Å². The van der Waals surface area contributed by atoms with E-state index in [2.05, 4.69) is 23.3 Å². The molecule has 3 heteroatoms. The molecule has 0 spiro atoms. The van der Waals surface area contributed by atoms with Crippen LogP contribution >= 0.6 is 0 Å². The molecular weight excluding hydrogens is 236 g/mol. The largest absolute Gasteiger partial charge is 0.478 e. The van der Waals surface area contributed by atoms with Crippen molar-refractivity contribution < 1.29 is 4.74 Å². The summed E-state index contributed by atoms with van der Waals surface area (Å²) in [6.45, 7) is 3.82. The van der Waals surface area contributed by atoms with Crippen molar-refractivity contribution in [3.63, 3.8) is 0 Å². The molecule has 19 heavy (non-hydrogen) atoms. The summed E-state index contributed by atoms with van der Waals surface area (Å²) in [6.07, 6.45) is 8.03. The van der Waals surface area contributed by atoms with Gasteiger partial charge in [0.1, 0.15) is 0 Å². The predicted molar refractivity (Wildman–Crippen MR) is 76.3 cm³/mol. The summed E-state index contributed by atoms with van der Waals surface area (Å²) in [6, 6.07) is 4.91. The number of aromatic nitrogens is 1. The molecule has 2 fully saturated rings. The number of nitrogens with one attached hydrogen (secondary N) is 1. The maximum absolute atomic E-state index is 5.75. The topological polar surface area (TPSA) is 34.1 Å². The molecule has 1 aromatic rings. The van der Waals surface area contributed by atoms with E-state index in [9.17, 15) is 0 Å². The highest BCUT2D eigenvalue weighted by molar-refractivity contribution is 5.25. The van der Waals surface area contributed by atoms with Crippen LogP contribution in [-0.2, 0) is 6.54 Å². The number of aryl methyl sites for hydroxylation is 1. The summed E-state index contributed by atoms with van der Waals surface area (Å²) in [7, 11) is 0. The van der Waals surface area contributed by atoms with E-state index < -0.39 is 0 Å². The number of pyridine rings is 1. The van der Waals surface area contributed by atoms with Gasteiger partial charge in [0.15, 0.2) is 0 Å². The van der Waals surface area contributed by atoms with Gasteiger partial charge in [-0.2, -0.15) is 0 Å². The summed E-state index contributed by atoms with van der Waals surface area (Å²) < 4.78 is 5.75. The summed E-state index contributed by atoms with van der Waals surface area (Å²) in [5, 5.41) is 3.53. The van der Waals surface area contributed by atoms with Gasteiger partial charge in [-0.05, 0) is 37.7 Å². The molecule has 0 aliphatic heterocycles. The third kappa shape index (κ3) is 3.69. The summed E-state index contributed by atoms with van der Waals surface area (Å²) in [5.74, 6) is 1.69. The van der Waals surface area contributed by atoms with Crippen LogP contribution in [0.4, 0.5) is 0 Å². The van der Waals surface area contributed by atoms with Gasteiger partial charge >= 0.3 is 0 Å². The monoisotopic (exact) mass is 260 g/mol. The van der Waals surface area contributed by atoms with E-state index in [0.717, 1.165) is 36.7 Å². The van der Waals surface area contributed by atoms with Crippen LogP contribution in [-0.4, -0.2) is 17.6 Å². The van der Waals surface area contributed by atoms with E-state index in [0.29, 0.717) is 0 Å². The molecule has 0 amide bonds. The third-order valence-corrected chi connectivity index (χ3v) is 4.33. The summed E-state index contributed by atoms with van der Waals surface area (Å²) in [4.78, 5) is 4.55. The lowest BCUT2D eigenvalue weighted by atomic mass is 9.83. The first-order valence-corrected chi connectivity index (χ1v) is 7.64. The van der Waals surface area contributed by atoms with E-state index in [-0.39, 0.29) is 0 Å². The van der Waals surface area contributed by atoms with E-state index >= 15 is 0 Å². The van der Waals surface area contributed by atoms with Crippen LogP contribution in [0, 0.1) is 12.8 Å². The first-order chi connectivity index (χ1) is 9.31. The highest BCUT2D eigenvalue weighted by Gasteiger charge is 2.20. The molecule has 0 aromatic carbocycles. The molecular formula is C16H24N2O. The zero-order valence-electron chi connectivity index (χ0n) is 11.8. The molecule has 2 saturated carbocycles. The fraction of sp³-hybridized carbons (Fsp3) is 0.688. The van der Waals surface area contributed by atoms with E-state index in [1.165, 1.54) is 44.1 Å². The number of hydrogen-bond acceptors (Lipinski definition) is 3. The zero-order valence-corrected chi connectivity index (χ0v) is 11.8. The average molecular weight is 260 g/mol. The lowest BCUT2D eigenvalue weighted by Gasteiger charge is -2.24. The second-order valence-electron chi connectivity index (χ2n) is 5.98. The number of rotatable bonds is 7. The minimum absolute atomic E-state index is 0.748. The van der Waals surface area contributed by atoms with E-state index in [1.807, 2.05) is 6.07 Å². The molecule has 1 aromatic heterocycles. The smallest absolute Gasteiger partial charge is 0.213 e. The van der Waals surface area contributed by atoms with E-state index in [4.69, 9.17) is 4.74 Å². The Labute approximate surface area is 115 Å². The lowest BCUT2D eigenvalue weighted by molar-refractivity contribution is 0.217. The van der Waals surface area contributed by atoms with Crippen molar-refractivity contribution in [2.24, 2.45) is 5.92 Å². The second kappa shape index (κ2) is 5.91. The lowest BCUT2D eigenvalue weighted by Crippen LogP contribution is -2.17. The fourth-order valence-corrected chi connectivity index (χ4v) is 2.49. The molecule has 1 heterocycles. The van der Waals surface area contributed by atoms with Crippen LogP contribution in [0.3, 0.4) is 0 Å². The van der Waals surface area contributed by atoms with Gasteiger partial charge in [0.25, 0.3) is 0 Å². The predicted octanol–water partition coefficient (Wildman–Crippen LogP) is 3.21. The van der Waals surface area contributed by atoms with Gasteiger partial charge in [0.05, 0.1) is 6.61 Å². The van der Waals surface area contributed by atoms with Crippen molar-refractivity contribution in [2.45, 2.75) is 58.0 Å². The molecule has 0 unspecified atom stereocenters. The highest BCUT2D eigenvalue weighted by Crippen LogP contribution is 2.29. The molecule has 2 aliphatic carbocycles. The molecule has 3 nitrogen and oxygen atoms in total. The Morgan fingerprint density at radius 2 is 2.11 bits per heavy atom. The Balaban J connectivity index is 1.46.